The first-order valence-corrected chi connectivity index (χ1v) is 9.86. The number of esters is 1. The van der Waals surface area contributed by atoms with E-state index in [1.165, 1.54) is 12.3 Å². The largest absolute Gasteiger partial charge is 0.507 e. The second kappa shape index (κ2) is 6.92. The molecular formula is C24H20O5. The van der Waals surface area contributed by atoms with Crippen LogP contribution in [0.3, 0.4) is 0 Å². The Morgan fingerprint density at radius 2 is 1.90 bits per heavy atom. The van der Waals surface area contributed by atoms with Gasteiger partial charge in [0.1, 0.15) is 28.7 Å². The highest BCUT2D eigenvalue weighted by Gasteiger charge is 2.36. The van der Waals surface area contributed by atoms with Crippen LogP contribution in [0.4, 0.5) is 0 Å². The third-order valence-corrected chi connectivity index (χ3v) is 5.97. The molecule has 1 aliphatic heterocycles. The van der Waals surface area contributed by atoms with Crippen molar-refractivity contribution < 1.29 is 19.1 Å². The summed E-state index contributed by atoms with van der Waals surface area (Å²) in [6.07, 6.45) is 8.77. The van der Waals surface area contributed by atoms with Gasteiger partial charge in [0.05, 0.1) is 12.0 Å². The number of carbonyl (C=O) groups is 1. The molecule has 0 saturated heterocycles. The molecule has 2 heterocycles. The summed E-state index contributed by atoms with van der Waals surface area (Å²) in [6, 6.07) is 10.6. The summed E-state index contributed by atoms with van der Waals surface area (Å²) >= 11 is 0. The molecule has 5 nitrogen and oxygen atoms in total. The maximum atomic E-state index is 13.2. The quantitative estimate of drug-likeness (QED) is 0.383. The van der Waals surface area contributed by atoms with Crippen LogP contribution in [-0.2, 0) is 4.79 Å². The normalized spacial score (nSPS) is 21.0. The minimum Gasteiger partial charge on any atom is -0.507 e. The molecule has 1 aromatic heterocycles. The van der Waals surface area contributed by atoms with Crippen LogP contribution in [0.15, 0.2) is 64.0 Å². The predicted molar refractivity (Wildman–Crippen MR) is 109 cm³/mol. The lowest BCUT2D eigenvalue weighted by molar-refractivity contribution is -0.136. The number of phenols is 1. The number of benzene rings is 2. The van der Waals surface area contributed by atoms with Crippen molar-refractivity contribution in [3.63, 3.8) is 0 Å². The Labute approximate surface area is 167 Å². The summed E-state index contributed by atoms with van der Waals surface area (Å²) in [5.74, 6) is -0.105. The molecule has 29 heavy (non-hydrogen) atoms. The first-order chi connectivity index (χ1) is 14.1. The first kappa shape index (κ1) is 17.7. The summed E-state index contributed by atoms with van der Waals surface area (Å²) in [5.41, 5.74) is 1.85. The van der Waals surface area contributed by atoms with Crippen molar-refractivity contribution in [2.24, 2.45) is 5.92 Å². The maximum Gasteiger partial charge on any atom is 0.311 e. The van der Waals surface area contributed by atoms with Gasteiger partial charge in [-0.2, -0.15) is 0 Å². The molecule has 5 rings (SSSR count). The number of allylic oxidation sites excluding steroid dienone is 2. The third kappa shape index (κ3) is 2.94. The SMILES string of the molecule is O=C1C[C@H]([C@@H]2CC=CCC2)c2c(cc(O)c3c(=O)c(-c4ccccc4)coc23)O1. The van der Waals surface area contributed by atoms with Gasteiger partial charge >= 0.3 is 5.97 Å². The fourth-order valence-corrected chi connectivity index (χ4v) is 4.57. The van der Waals surface area contributed by atoms with E-state index in [1.54, 1.807) is 0 Å². The summed E-state index contributed by atoms with van der Waals surface area (Å²) < 4.78 is 11.4. The Kier molecular flexibility index (Phi) is 4.23. The highest BCUT2D eigenvalue weighted by Crippen LogP contribution is 2.48. The standard InChI is InChI=1S/C24H20O5/c25-18-12-19-21(16(11-20(26)29-19)14-7-3-1-4-8-14)24-22(18)23(27)17(13-28-24)15-9-5-2-6-10-15/h1-3,5-6,9-10,12-14,16,25H,4,7-8,11H2/t14-,16-/m1/s1. The van der Waals surface area contributed by atoms with Gasteiger partial charge in [0.25, 0.3) is 0 Å². The molecule has 0 unspecified atom stereocenters. The van der Waals surface area contributed by atoms with Gasteiger partial charge in [-0.15, -0.1) is 0 Å². The van der Waals surface area contributed by atoms with Crippen molar-refractivity contribution in [1.82, 2.24) is 0 Å². The predicted octanol–water partition coefficient (Wildman–Crippen LogP) is 4.91. The van der Waals surface area contributed by atoms with Crippen LogP contribution in [0.2, 0.25) is 0 Å². The molecule has 0 amide bonds. The van der Waals surface area contributed by atoms with Crippen LogP contribution < -0.4 is 10.2 Å². The second-order valence-electron chi connectivity index (χ2n) is 7.69. The molecule has 0 fully saturated rings. The number of ether oxygens (including phenoxy) is 1. The van der Waals surface area contributed by atoms with Gasteiger partial charge in [0.15, 0.2) is 0 Å². The molecule has 0 bridgehead atoms. The molecule has 2 atom stereocenters. The average molecular weight is 388 g/mol. The van der Waals surface area contributed by atoms with Crippen molar-refractivity contribution in [2.75, 3.05) is 0 Å². The highest BCUT2D eigenvalue weighted by molar-refractivity contribution is 5.93. The van der Waals surface area contributed by atoms with Gasteiger partial charge < -0.3 is 14.3 Å². The molecule has 5 heteroatoms. The number of aromatic hydroxyl groups is 1. The van der Waals surface area contributed by atoms with Crippen molar-refractivity contribution in [2.45, 2.75) is 31.6 Å². The number of phenolic OH excluding ortho intramolecular Hbond substituents is 1. The van der Waals surface area contributed by atoms with Crippen molar-refractivity contribution in [3.8, 4) is 22.6 Å². The molecule has 3 aromatic rings. The molecule has 1 aliphatic carbocycles. The fourth-order valence-electron chi connectivity index (χ4n) is 4.57. The summed E-state index contributed by atoms with van der Waals surface area (Å²) in [5, 5.41) is 10.7. The van der Waals surface area contributed by atoms with Crippen molar-refractivity contribution in [1.29, 1.82) is 0 Å². The number of rotatable bonds is 2. The van der Waals surface area contributed by atoms with Crippen LogP contribution in [0.5, 0.6) is 11.5 Å². The molecular weight excluding hydrogens is 368 g/mol. The third-order valence-electron chi connectivity index (χ3n) is 5.97. The first-order valence-electron chi connectivity index (χ1n) is 9.86. The Hall–Kier alpha value is -3.34. The fraction of sp³-hybridized carbons (Fsp3) is 0.250. The Morgan fingerprint density at radius 3 is 2.66 bits per heavy atom. The zero-order valence-electron chi connectivity index (χ0n) is 15.8. The van der Waals surface area contributed by atoms with E-state index in [-0.39, 0.29) is 40.8 Å². The minimum absolute atomic E-state index is 0.106. The Balaban J connectivity index is 1.75. The monoisotopic (exact) mass is 388 g/mol. The van der Waals surface area contributed by atoms with Crippen LogP contribution in [-0.4, -0.2) is 11.1 Å². The van der Waals surface area contributed by atoms with Gasteiger partial charge in [-0.05, 0) is 30.7 Å². The molecule has 2 aliphatic rings. The van der Waals surface area contributed by atoms with E-state index < -0.39 is 0 Å². The Bertz CT molecular complexity index is 1190. The van der Waals surface area contributed by atoms with Crippen LogP contribution in [0.25, 0.3) is 22.1 Å². The zero-order chi connectivity index (χ0) is 20.0. The highest BCUT2D eigenvalue weighted by atomic mass is 16.5. The van der Waals surface area contributed by atoms with Crippen LogP contribution >= 0.6 is 0 Å². The van der Waals surface area contributed by atoms with Gasteiger partial charge in [-0.1, -0.05) is 42.5 Å². The lowest BCUT2D eigenvalue weighted by Gasteiger charge is -2.32. The number of hydrogen-bond donors (Lipinski definition) is 1. The molecule has 0 spiro atoms. The second-order valence-corrected chi connectivity index (χ2v) is 7.69. The van der Waals surface area contributed by atoms with Gasteiger partial charge in [0.2, 0.25) is 5.43 Å². The van der Waals surface area contributed by atoms with E-state index in [1.807, 2.05) is 30.3 Å². The smallest absolute Gasteiger partial charge is 0.311 e. The van der Waals surface area contributed by atoms with Crippen molar-refractivity contribution >= 4 is 16.9 Å². The lowest BCUT2D eigenvalue weighted by atomic mass is 9.75. The number of fused-ring (bicyclic) bond motifs is 3. The maximum absolute atomic E-state index is 13.2. The van der Waals surface area contributed by atoms with E-state index in [2.05, 4.69) is 12.2 Å². The molecule has 0 radical (unpaired) electrons. The number of carbonyl (C=O) groups excluding carboxylic acids is 1. The van der Waals surface area contributed by atoms with E-state index in [0.29, 0.717) is 16.9 Å². The van der Waals surface area contributed by atoms with Gasteiger partial charge in [-0.3, -0.25) is 9.59 Å². The van der Waals surface area contributed by atoms with E-state index in [9.17, 15) is 14.7 Å². The van der Waals surface area contributed by atoms with Crippen LogP contribution in [0.1, 0.15) is 37.2 Å². The van der Waals surface area contributed by atoms with E-state index >= 15 is 0 Å². The van der Waals surface area contributed by atoms with Crippen molar-refractivity contribution in [3.05, 3.63) is 70.6 Å². The average Bonchev–Trinajstić information content (AvgIpc) is 2.74. The van der Waals surface area contributed by atoms with Gasteiger partial charge in [0, 0.05) is 17.5 Å². The molecule has 1 N–H and O–H groups in total. The molecule has 0 saturated carbocycles. The van der Waals surface area contributed by atoms with Gasteiger partial charge in [-0.25, -0.2) is 0 Å². The lowest BCUT2D eigenvalue weighted by Crippen LogP contribution is -2.26. The summed E-state index contributed by atoms with van der Waals surface area (Å²) in [6.45, 7) is 0. The minimum atomic E-state index is -0.320. The molecule has 2 aromatic carbocycles. The Morgan fingerprint density at radius 1 is 1.07 bits per heavy atom. The van der Waals surface area contributed by atoms with Crippen LogP contribution in [0, 0.1) is 5.92 Å². The number of hydrogen-bond acceptors (Lipinski definition) is 5. The van der Waals surface area contributed by atoms with E-state index in [0.717, 1.165) is 30.4 Å². The van der Waals surface area contributed by atoms with E-state index in [4.69, 9.17) is 9.15 Å². The summed E-state index contributed by atoms with van der Waals surface area (Å²) in [4.78, 5) is 25.5. The molecule has 146 valence electrons. The zero-order valence-corrected chi connectivity index (χ0v) is 15.8. The summed E-state index contributed by atoms with van der Waals surface area (Å²) in [7, 11) is 0. The topological polar surface area (TPSA) is 76.7 Å².